The van der Waals surface area contributed by atoms with Crippen LogP contribution >= 0.6 is 0 Å². The van der Waals surface area contributed by atoms with E-state index in [2.05, 4.69) is 14.9 Å². The molecule has 20 heavy (non-hydrogen) atoms. The molecule has 1 aromatic carbocycles. The number of hydrogen-bond donors (Lipinski definition) is 2. The highest BCUT2D eigenvalue weighted by Gasteiger charge is 2.21. The van der Waals surface area contributed by atoms with Crippen LogP contribution < -0.4 is 4.72 Å². The topological polar surface area (TPSA) is 98.6 Å². The average Bonchev–Trinajstić information content (AvgIpc) is 2.82. The predicted octanol–water partition coefficient (Wildman–Crippen LogP) is 1.21. The van der Waals surface area contributed by atoms with Gasteiger partial charge in [-0.3, -0.25) is 5.10 Å². The first kappa shape index (κ1) is 14.2. The molecule has 0 atom stereocenters. The number of sulfonamides is 1. The lowest BCUT2D eigenvalue weighted by molar-refractivity contribution is 0.576. The van der Waals surface area contributed by atoms with Crippen molar-refractivity contribution in [3.05, 3.63) is 47.0 Å². The number of aryl methyl sites for hydroxylation is 1. The minimum Gasteiger partial charge on any atom is -0.283 e. The Labute approximate surface area is 115 Å². The maximum absolute atomic E-state index is 13.4. The summed E-state index contributed by atoms with van der Waals surface area (Å²) in [6, 6.07) is 5.03. The zero-order valence-corrected chi connectivity index (χ0v) is 11.3. The molecule has 2 rings (SSSR count). The fourth-order valence-corrected chi connectivity index (χ4v) is 2.81. The van der Waals surface area contributed by atoms with Crippen LogP contribution in [0.1, 0.15) is 16.8 Å². The van der Waals surface area contributed by atoms with Gasteiger partial charge in [0.1, 0.15) is 22.3 Å². The van der Waals surface area contributed by atoms with Gasteiger partial charge in [0, 0.05) is 17.8 Å². The van der Waals surface area contributed by atoms with Gasteiger partial charge < -0.3 is 0 Å². The van der Waals surface area contributed by atoms with Crippen molar-refractivity contribution < 1.29 is 12.8 Å². The van der Waals surface area contributed by atoms with Crippen molar-refractivity contribution in [3.8, 4) is 6.07 Å². The van der Waals surface area contributed by atoms with Crippen LogP contribution in [0.5, 0.6) is 0 Å². The molecule has 6 nitrogen and oxygen atoms in total. The maximum Gasteiger partial charge on any atom is 0.242 e. The third-order valence-corrected chi connectivity index (χ3v) is 4.21. The zero-order valence-electron chi connectivity index (χ0n) is 10.5. The fraction of sp³-hybridized carbons (Fsp3) is 0.167. The summed E-state index contributed by atoms with van der Waals surface area (Å²) < 4.78 is 40.0. The number of rotatable bonds is 4. The molecule has 0 aliphatic rings. The molecular formula is C12H11FN4O2S. The quantitative estimate of drug-likeness (QED) is 0.885. The van der Waals surface area contributed by atoms with Crippen molar-refractivity contribution in [1.29, 1.82) is 5.26 Å². The van der Waals surface area contributed by atoms with E-state index in [1.807, 2.05) is 0 Å². The van der Waals surface area contributed by atoms with Gasteiger partial charge in [0.2, 0.25) is 10.0 Å². The van der Waals surface area contributed by atoms with Crippen molar-refractivity contribution in [2.45, 2.75) is 18.4 Å². The second-order valence-electron chi connectivity index (χ2n) is 4.07. The molecule has 0 amide bonds. The number of H-pyrrole nitrogens is 1. The van der Waals surface area contributed by atoms with Crippen molar-refractivity contribution >= 4 is 10.0 Å². The third-order valence-electron chi connectivity index (χ3n) is 2.76. The normalized spacial score (nSPS) is 11.2. The van der Waals surface area contributed by atoms with Crippen molar-refractivity contribution in [2.24, 2.45) is 0 Å². The Hall–Kier alpha value is -2.24. The van der Waals surface area contributed by atoms with E-state index in [-0.39, 0.29) is 11.4 Å². The Morgan fingerprint density at radius 3 is 2.85 bits per heavy atom. The van der Waals surface area contributed by atoms with E-state index in [0.29, 0.717) is 5.56 Å². The van der Waals surface area contributed by atoms with Crippen LogP contribution in [0, 0.1) is 24.1 Å². The van der Waals surface area contributed by atoms with Crippen LogP contribution in [0.2, 0.25) is 0 Å². The Morgan fingerprint density at radius 2 is 2.25 bits per heavy atom. The van der Waals surface area contributed by atoms with Gasteiger partial charge in [-0.2, -0.15) is 10.4 Å². The Morgan fingerprint density at radius 1 is 1.50 bits per heavy atom. The summed E-state index contributed by atoms with van der Waals surface area (Å²) in [5.74, 6) is -0.866. The predicted molar refractivity (Wildman–Crippen MR) is 68.5 cm³/mol. The molecule has 0 unspecified atom stereocenters. The second kappa shape index (κ2) is 5.40. The Kier molecular flexibility index (Phi) is 3.83. The highest BCUT2D eigenvalue weighted by molar-refractivity contribution is 7.89. The van der Waals surface area contributed by atoms with E-state index in [9.17, 15) is 12.8 Å². The summed E-state index contributed by atoms with van der Waals surface area (Å²) >= 11 is 0. The van der Waals surface area contributed by atoms with Crippen LogP contribution in [0.25, 0.3) is 0 Å². The molecule has 0 saturated heterocycles. The number of halogens is 1. The van der Waals surface area contributed by atoms with Gasteiger partial charge in [0.05, 0.1) is 6.20 Å². The number of aromatic amines is 1. The SMILES string of the molecule is Cc1[nH]ncc1CNS(=O)(=O)c1cccc(F)c1C#N. The number of hydrogen-bond acceptors (Lipinski definition) is 4. The van der Waals surface area contributed by atoms with Crippen molar-refractivity contribution in [3.63, 3.8) is 0 Å². The van der Waals surface area contributed by atoms with Crippen LogP contribution in [-0.2, 0) is 16.6 Å². The number of nitrogens with one attached hydrogen (secondary N) is 2. The lowest BCUT2D eigenvalue weighted by Gasteiger charge is -2.08. The molecule has 0 saturated carbocycles. The van der Waals surface area contributed by atoms with Gasteiger partial charge in [-0.15, -0.1) is 0 Å². The first-order valence-electron chi connectivity index (χ1n) is 5.63. The monoisotopic (exact) mass is 294 g/mol. The number of nitriles is 1. The molecule has 0 fully saturated rings. The van der Waals surface area contributed by atoms with Crippen molar-refractivity contribution in [1.82, 2.24) is 14.9 Å². The minimum atomic E-state index is -3.97. The van der Waals surface area contributed by atoms with Gasteiger partial charge in [0.25, 0.3) is 0 Å². The molecule has 2 N–H and O–H groups in total. The summed E-state index contributed by atoms with van der Waals surface area (Å²) in [7, 11) is -3.97. The second-order valence-corrected chi connectivity index (χ2v) is 5.80. The largest absolute Gasteiger partial charge is 0.283 e. The van der Waals surface area contributed by atoms with Gasteiger partial charge in [-0.25, -0.2) is 17.5 Å². The molecule has 0 spiro atoms. The van der Waals surface area contributed by atoms with Crippen LogP contribution in [0.3, 0.4) is 0 Å². The van der Waals surface area contributed by atoms with E-state index in [1.54, 1.807) is 13.0 Å². The highest BCUT2D eigenvalue weighted by atomic mass is 32.2. The van der Waals surface area contributed by atoms with E-state index >= 15 is 0 Å². The molecule has 0 bridgehead atoms. The molecule has 0 aliphatic carbocycles. The van der Waals surface area contributed by atoms with Gasteiger partial charge >= 0.3 is 0 Å². The summed E-state index contributed by atoms with van der Waals surface area (Å²) in [6.07, 6.45) is 1.49. The fourth-order valence-electron chi connectivity index (χ4n) is 1.64. The minimum absolute atomic E-state index is 0.00600. The van der Waals surface area contributed by atoms with Gasteiger partial charge in [-0.05, 0) is 19.1 Å². The summed E-state index contributed by atoms with van der Waals surface area (Å²) in [5.41, 5.74) is 0.903. The Bertz CT molecular complexity index is 777. The van der Waals surface area contributed by atoms with E-state index in [4.69, 9.17) is 5.26 Å². The smallest absolute Gasteiger partial charge is 0.242 e. The Balaban J connectivity index is 2.30. The highest BCUT2D eigenvalue weighted by Crippen LogP contribution is 2.18. The van der Waals surface area contributed by atoms with Crippen molar-refractivity contribution in [2.75, 3.05) is 0 Å². The van der Waals surface area contributed by atoms with Crippen LogP contribution in [0.4, 0.5) is 4.39 Å². The lowest BCUT2D eigenvalue weighted by atomic mass is 10.2. The molecular weight excluding hydrogens is 283 g/mol. The molecule has 1 aromatic heterocycles. The standard InChI is InChI=1S/C12H11FN4O2S/c1-8-9(6-15-17-8)7-16-20(18,19)12-4-2-3-11(13)10(12)5-14/h2-4,6,16H,7H2,1H3,(H,15,17). The van der Waals surface area contributed by atoms with E-state index in [1.165, 1.54) is 18.3 Å². The number of benzene rings is 1. The van der Waals surface area contributed by atoms with Crippen LogP contribution in [0.15, 0.2) is 29.3 Å². The van der Waals surface area contributed by atoms with Gasteiger partial charge in [0.15, 0.2) is 0 Å². The molecule has 0 aliphatic heterocycles. The summed E-state index contributed by atoms with van der Waals surface area (Å²) in [6.45, 7) is 1.76. The van der Waals surface area contributed by atoms with Crippen LogP contribution in [-0.4, -0.2) is 18.6 Å². The number of nitrogens with zero attached hydrogens (tertiary/aromatic N) is 2. The summed E-state index contributed by atoms with van der Waals surface area (Å²) in [4.78, 5) is -0.374. The molecule has 0 radical (unpaired) electrons. The lowest BCUT2D eigenvalue weighted by Crippen LogP contribution is -2.24. The molecule has 2 aromatic rings. The average molecular weight is 294 g/mol. The third kappa shape index (κ3) is 2.68. The van der Waals surface area contributed by atoms with Gasteiger partial charge in [-0.1, -0.05) is 6.07 Å². The van der Waals surface area contributed by atoms with E-state index < -0.39 is 21.4 Å². The first-order chi connectivity index (χ1) is 9.45. The maximum atomic E-state index is 13.4. The number of aromatic nitrogens is 2. The molecule has 8 heteroatoms. The molecule has 104 valence electrons. The first-order valence-corrected chi connectivity index (χ1v) is 7.11. The summed E-state index contributed by atoms with van der Waals surface area (Å²) in [5, 5.41) is 15.3. The molecule has 1 heterocycles. The zero-order chi connectivity index (χ0) is 14.8. The van der Waals surface area contributed by atoms with E-state index in [0.717, 1.165) is 11.8 Å².